The van der Waals surface area contributed by atoms with E-state index >= 15 is 0 Å². The first-order chi connectivity index (χ1) is 11.1. The molecule has 0 radical (unpaired) electrons. The fourth-order valence-corrected chi connectivity index (χ4v) is 2.23. The van der Waals surface area contributed by atoms with E-state index in [0.717, 1.165) is 0 Å². The Morgan fingerprint density at radius 1 is 1.25 bits per heavy atom. The highest BCUT2D eigenvalue weighted by molar-refractivity contribution is 6.15. The second-order valence-electron chi connectivity index (χ2n) is 6.34. The average molecular weight is 337 g/mol. The minimum absolute atomic E-state index is 0.0313. The van der Waals surface area contributed by atoms with Gasteiger partial charge in [0.2, 0.25) is 0 Å². The highest BCUT2D eigenvalue weighted by Gasteiger charge is 2.35. The first-order valence-electron chi connectivity index (χ1n) is 7.32. The number of hydrogen-bond donors (Lipinski definition) is 3. The molecule has 1 heterocycles. The third-order valence-electron chi connectivity index (χ3n) is 3.24. The van der Waals surface area contributed by atoms with Gasteiger partial charge in [-0.1, -0.05) is 12.1 Å². The lowest BCUT2D eigenvalue weighted by Crippen LogP contribution is -2.39. The molecule has 0 aromatic heterocycles. The molecule has 2 rings (SSSR count). The van der Waals surface area contributed by atoms with Gasteiger partial charge in [-0.3, -0.25) is 0 Å². The number of aliphatic hydroxyl groups excluding tert-OH is 2. The van der Waals surface area contributed by atoms with Gasteiger partial charge in [-0.05, 0) is 32.4 Å². The van der Waals surface area contributed by atoms with Gasteiger partial charge in [0.25, 0.3) is 0 Å². The summed E-state index contributed by atoms with van der Waals surface area (Å²) in [5, 5.41) is 22.6. The van der Waals surface area contributed by atoms with Crippen molar-refractivity contribution in [3.05, 3.63) is 34.9 Å². The van der Waals surface area contributed by atoms with Crippen molar-refractivity contribution in [3.63, 3.8) is 0 Å². The third kappa shape index (κ3) is 3.90. The van der Waals surface area contributed by atoms with Crippen LogP contribution in [0.1, 0.15) is 53.2 Å². The molecule has 8 nitrogen and oxygen atoms in total. The summed E-state index contributed by atoms with van der Waals surface area (Å²) >= 11 is 0. The standard InChI is InChI=1S/C16H19NO7/c1-16(2,3)24-15(22)17-7-10(18)12(19)8-5-4-6-9-11(8)14(21)23-13(9)20/h4-6,10,12,18-19H,7H2,1-3H3,(H,17,22). The zero-order valence-corrected chi connectivity index (χ0v) is 13.5. The normalized spacial score (nSPS) is 16.2. The molecule has 8 heteroatoms. The Hall–Kier alpha value is -2.45. The summed E-state index contributed by atoms with van der Waals surface area (Å²) in [5.41, 5.74) is -0.685. The van der Waals surface area contributed by atoms with Crippen molar-refractivity contribution in [1.29, 1.82) is 0 Å². The number of cyclic esters (lactones) is 2. The van der Waals surface area contributed by atoms with Crippen LogP contribution in [0.5, 0.6) is 0 Å². The van der Waals surface area contributed by atoms with Crippen LogP contribution in [-0.2, 0) is 9.47 Å². The summed E-state index contributed by atoms with van der Waals surface area (Å²) < 4.78 is 9.51. The molecule has 0 spiro atoms. The van der Waals surface area contributed by atoms with Gasteiger partial charge in [-0.25, -0.2) is 14.4 Å². The Morgan fingerprint density at radius 2 is 1.92 bits per heavy atom. The summed E-state index contributed by atoms with van der Waals surface area (Å²) in [6.07, 6.45) is -3.65. The van der Waals surface area contributed by atoms with Crippen LogP contribution in [0.4, 0.5) is 4.79 Å². The number of hydrogen-bond acceptors (Lipinski definition) is 7. The monoisotopic (exact) mass is 337 g/mol. The Balaban J connectivity index is 2.07. The number of esters is 2. The molecule has 130 valence electrons. The van der Waals surface area contributed by atoms with Crippen LogP contribution < -0.4 is 5.32 Å². The molecule has 0 saturated heterocycles. The molecule has 0 saturated carbocycles. The van der Waals surface area contributed by atoms with E-state index in [1.165, 1.54) is 18.2 Å². The zero-order valence-electron chi connectivity index (χ0n) is 13.5. The van der Waals surface area contributed by atoms with E-state index in [9.17, 15) is 24.6 Å². The Labute approximate surface area is 138 Å². The number of amides is 1. The van der Waals surface area contributed by atoms with Crippen molar-refractivity contribution in [2.75, 3.05) is 6.54 Å². The molecule has 24 heavy (non-hydrogen) atoms. The van der Waals surface area contributed by atoms with Crippen molar-refractivity contribution in [2.24, 2.45) is 0 Å². The predicted octanol–water partition coefficient (Wildman–Crippen LogP) is 0.916. The van der Waals surface area contributed by atoms with Crippen LogP contribution >= 0.6 is 0 Å². The summed E-state index contributed by atoms with van der Waals surface area (Å²) in [5.74, 6) is -1.68. The summed E-state index contributed by atoms with van der Waals surface area (Å²) in [6.45, 7) is 4.76. The fourth-order valence-electron chi connectivity index (χ4n) is 2.23. The quantitative estimate of drug-likeness (QED) is 0.551. The van der Waals surface area contributed by atoms with Gasteiger partial charge in [0, 0.05) is 6.54 Å². The van der Waals surface area contributed by atoms with Crippen LogP contribution in [-0.4, -0.2) is 46.5 Å². The average Bonchev–Trinajstić information content (AvgIpc) is 2.77. The molecule has 3 N–H and O–H groups in total. The number of alkyl carbamates (subject to hydrolysis) is 1. The van der Waals surface area contributed by atoms with E-state index in [-0.39, 0.29) is 23.2 Å². The Kier molecular flexibility index (Phi) is 4.91. The number of aliphatic hydroxyl groups is 2. The second-order valence-corrected chi connectivity index (χ2v) is 6.34. The first-order valence-corrected chi connectivity index (χ1v) is 7.32. The zero-order chi connectivity index (χ0) is 18.1. The van der Waals surface area contributed by atoms with Crippen molar-refractivity contribution in [2.45, 2.75) is 38.6 Å². The maximum atomic E-state index is 11.7. The van der Waals surface area contributed by atoms with Crippen molar-refractivity contribution in [1.82, 2.24) is 5.32 Å². The molecule has 1 aromatic rings. The maximum Gasteiger partial charge on any atom is 0.407 e. The van der Waals surface area contributed by atoms with Crippen LogP contribution in [0.15, 0.2) is 18.2 Å². The molecular weight excluding hydrogens is 318 g/mol. The number of rotatable bonds is 4. The van der Waals surface area contributed by atoms with Crippen molar-refractivity contribution >= 4 is 18.0 Å². The number of carbonyl (C=O) groups excluding carboxylic acids is 3. The molecule has 1 aliphatic rings. The van der Waals surface area contributed by atoms with E-state index in [2.05, 4.69) is 10.1 Å². The second kappa shape index (κ2) is 6.58. The van der Waals surface area contributed by atoms with Crippen molar-refractivity contribution in [3.8, 4) is 0 Å². The van der Waals surface area contributed by atoms with E-state index in [4.69, 9.17) is 4.74 Å². The summed E-state index contributed by atoms with van der Waals surface area (Å²) in [6, 6.07) is 4.26. The van der Waals surface area contributed by atoms with Crippen molar-refractivity contribution < 1.29 is 34.1 Å². The first kappa shape index (κ1) is 17.9. The van der Waals surface area contributed by atoms with Gasteiger partial charge in [0.15, 0.2) is 0 Å². The van der Waals surface area contributed by atoms with E-state index < -0.39 is 35.8 Å². The van der Waals surface area contributed by atoms with Crippen LogP contribution in [0.2, 0.25) is 0 Å². The fraction of sp³-hybridized carbons (Fsp3) is 0.438. The van der Waals surface area contributed by atoms with Gasteiger partial charge < -0.3 is 25.0 Å². The largest absolute Gasteiger partial charge is 0.444 e. The predicted molar refractivity (Wildman–Crippen MR) is 81.4 cm³/mol. The van der Waals surface area contributed by atoms with Gasteiger partial charge in [0.1, 0.15) is 17.8 Å². The topological polar surface area (TPSA) is 122 Å². The molecule has 0 bridgehead atoms. The number of ether oxygens (including phenoxy) is 2. The smallest absolute Gasteiger partial charge is 0.407 e. The third-order valence-corrected chi connectivity index (χ3v) is 3.24. The van der Waals surface area contributed by atoms with E-state index in [0.29, 0.717) is 0 Å². The molecule has 1 amide bonds. The highest BCUT2D eigenvalue weighted by atomic mass is 16.6. The number of fused-ring (bicyclic) bond motifs is 1. The summed E-state index contributed by atoms with van der Waals surface area (Å²) in [7, 11) is 0. The SMILES string of the molecule is CC(C)(C)OC(=O)NCC(O)C(O)c1cccc2c1C(=O)OC2=O. The van der Waals surface area contributed by atoms with Gasteiger partial charge in [-0.15, -0.1) is 0 Å². The highest BCUT2D eigenvalue weighted by Crippen LogP contribution is 2.29. The Bertz CT molecular complexity index is 677. The number of benzene rings is 1. The minimum Gasteiger partial charge on any atom is -0.444 e. The van der Waals surface area contributed by atoms with Crippen LogP contribution in [0.3, 0.4) is 0 Å². The van der Waals surface area contributed by atoms with Crippen LogP contribution in [0.25, 0.3) is 0 Å². The minimum atomic E-state index is -1.49. The number of carbonyl (C=O) groups is 3. The lowest BCUT2D eigenvalue weighted by Gasteiger charge is -2.22. The van der Waals surface area contributed by atoms with E-state index in [1.54, 1.807) is 20.8 Å². The van der Waals surface area contributed by atoms with Gasteiger partial charge in [0.05, 0.1) is 11.1 Å². The molecule has 2 atom stereocenters. The van der Waals surface area contributed by atoms with Gasteiger partial charge >= 0.3 is 18.0 Å². The molecule has 0 aliphatic carbocycles. The van der Waals surface area contributed by atoms with Crippen LogP contribution in [0, 0.1) is 0 Å². The summed E-state index contributed by atoms with van der Waals surface area (Å²) in [4.78, 5) is 34.8. The number of nitrogens with one attached hydrogen (secondary N) is 1. The lowest BCUT2D eigenvalue weighted by molar-refractivity contribution is 0.0121. The molecule has 0 fully saturated rings. The Morgan fingerprint density at radius 3 is 2.54 bits per heavy atom. The van der Waals surface area contributed by atoms with E-state index in [1.807, 2.05) is 0 Å². The molecular formula is C16H19NO7. The molecule has 1 aromatic carbocycles. The lowest BCUT2D eigenvalue weighted by atomic mass is 9.95. The maximum absolute atomic E-state index is 11.7. The molecule has 1 aliphatic heterocycles. The molecule has 2 unspecified atom stereocenters. The van der Waals surface area contributed by atoms with Gasteiger partial charge in [-0.2, -0.15) is 0 Å².